The van der Waals surface area contributed by atoms with Gasteiger partial charge in [-0.05, 0) is 37.0 Å². The number of nitrogens with one attached hydrogen (secondary N) is 2. The highest BCUT2D eigenvalue weighted by atomic mass is 16.2. The Morgan fingerprint density at radius 2 is 1.78 bits per heavy atom. The van der Waals surface area contributed by atoms with Crippen molar-refractivity contribution in [3.05, 3.63) is 53.7 Å². The Kier molecular flexibility index (Phi) is 6.09. The fraction of sp³-hybridized carbons (Fsp3) is 0.389. The monoisotopic (exact) mass is 312 g/mol. The third-order valence-electron chi connectivity index (χ3n) is 3.57. The van der Waals surface area contributed by atoms with Gasteiger partial charge >= 0.3 is 0 Å². The number of rotatable bonds is 7. The van der Waals surface area contributed by atoms with Crippen LogP contribution in [-0.4, -0.2) is 22.6 Å². The van der Waals surface area contributed by atoms with Gasteiger partial charge in [-0.1, -0.05) is 44.2 Å². The van der Waals surface area contributed by atoms with Crippen molar-refractivity contribution in [2.45, 2.75) is 33.2 Å². The molecule has 122 valence electrons. The first-order chi connectivity index (χ1) is 11.1. The van der Waals surface area contributed by atoms with E-state index in [9.17, 15) is 4.79 Å². The number of hydrogen-bond donors (Lipinski definition) is 2. The number of amides is 1. The number of hydrogen-bond acceptors (Lipinski definition) is 4. The van der Waals surface area contributed by atoms with Crippen LogP contribution in [0.15, 0.2) is 42.5 Å². The van der Waals surface area contributed by atoms with Crippen molar-refractivity contribution in [1.29, 1.82) is 0 Å². The lowest BCUT2D eigenvalue weighted by atomic mass is 10.1. The fourth-order valence-corrected chi connectivity index (χ4v) is 2.13. The van der Waals surface area contributed by atoms with Crippen LogP contribution in [0, 0.1) is 5.92 Å². The summed E-state index contributed by atoms with van der Waals surface area (Å²) in [6.07, 6.45) is 1.07. The van der Waals surface area contributed by atoms with Gasteiger partial charge in [0.05, 0.1) is 6.04 Å². The summed E-state index contributed by atoms with van der Waals surface area (Å²) >= 11 is 0. The molecule has 1 unspecified atom stereocenters. The zero-order chi connectivity index (χ0) is 16.7. The summed E-state index contributed by atoms with van der Waals surface area (Å²) in [5, 5.41) is 14.2. The summed E-state index contributed by atoms with van der Waals surface area (Å²) in [5.41, 5.74) is 1.38. The predicted octanol–water partition coefficient (Wildman–Crippen LogP) is 3.43. The number of carbonyl (C=O) groups excluding carboxylic acids is 1. The minimum absolute atomic E-state index is 0.0747. The van der Waals surface area contributed by atoms with Crippen molar-refractivity contribution in [3.8, 4) is 0 Å². The minimum Gasteiger partial charge on any atom is -0.369 e. The Morgan fingerprint density at radius 1 is 1.04 bits per heavy atom. The zero-order valence-corrected chi connectivity index (χ0v) is 13.9. The molecule has 2 N–H and O–H groups in total. The van der Waals surface area contributed by atoms with Crippen molar-refractivity contribution in [2.75, 3.05) is 11.9 Å². The Hall–Kier alpha value is -2.43. The summed E-state index contributed by atoms with van der Waals surface area (Å²) in [6.45, 7) is 7.15. The normalized spacial score (nSPS) is 12.0. The maximum absolute atomic E-state index is 12.2. The Bertz CT molecular complexity index is 611. The van der Waals surface area contributed by atoms with Crippen molar-refractivity contribution < 1.29 is 4.79 Å². The van der Waals surface area contributed by atoms with Crippen molar-refractivity contribution in [3.63, 3.8) is 0 Å². The van der Waals surface area contributed by atoms with E-state index < -0.39 is 0 Å². The zero-order valence-electron chi connectivity index (χ0n) is 13.9. The number of anilines is 1. The molecule has 5 heteroatoms. The maximum atomic E-state index is 12.2. The highest BCUT2D eigenvalue weighted by Crippen LogP contribution is 2.12. The van der Waals surface area contributed by atoms with Gasteiger partial charge in [-0.25, -0.2) is 0 Å². The highest BCUT2D eigenvalue weighted by molar-refractivity contribution is 5.92. The average Bonchev–Trinajstić information content (AvgIpc) is 2.56. The molecule has 0 spiro atoms. The minimum atomic E-state index is -0.220. The second kappa shape index (κ2) is 8.27. The molecule has 0 radical (unpaired) electrons. The molecule has 2 aromatic rings. The van der Waals surface area contributed by atoms with Crippen LogP contribution in [-0.2, 0) is 0 Å². The molecule has 0 aliphatic rings. The average molecular weight is 312 g/mol. The quantitative estimate of drug-likeness (QED) is 0.822. The summed E-state index contributed by atoms with van der Waals surface area (Å²) in [7, 11) is 0. The van der Waals surface area contributed by atoms with E-state index in [0.29, 0.717) is 17.4 Å². The van der Waals surface area contributed by atoms with Gasteiger partial charge in [-0.15, -0.1) is 10.2 Å². The van der Waals surface area contributed by atoms with E-state index in [0.717, 1.165) is 18.5 Å². The second-order valence-electron chi connectivity index (χ2n) is 6.02. The van der Waals surface area contributed by atoms with Gasteiger partial charge in [-0.3, -0.25) is 4.79 Å². The van der Waals surface area contributed by atoms with Crippen LogP contribution in [0.25, 0.3) is 0 Å². The lowest BCUT2D eigenvalue weighted by molar-refractivity contribution is 0.0934. The number of benzene rings is 1. The van der Waals surface area contributed by atoms with E-state index in [2.05, 4.69) is 34.7 Å². The molecule has 1 aromatic carbocycles. The van der Waals surface area contributed by atoms with Crippen molar-refractivity contribution in [2.24, 2.45) is 5.92 Å². The number of nitrogens with zero attached hydrogens (tertiary/aromatic N) is 2. The van der Waals surface area contributed by atoms with Gasteiger partial charge in [0.25, 0.3) is 5.91 Å². The summed E-state index contributed by atoms with van der Waals surface area (Å²) < 4.78 is 0. The standard InChI is InChI=1S/C18H24N4O/c1-13(2)11-12-19-17-10-9-16(21-22-17)18(23)20-14(3)15-7-5-4-6-8-15/h4-10,13-14H,11-12H2,1-3H3,(H,19,22)(H,20,23). The van der Waals surface area contributed by atoms with Gasteiger partial charge in [0.2, 0.25) is 0 Å². The van der Waals surface area contributed by atoms with E-state index in [-0.39, 0.29) is 11.9 Å². The molecule has 0 aliphatic heterocycles. The molecule has 0 saturated carbocycles. The lowest BCUT2D eigenvalue weighted by Gasteiger charge is -2.13. The molecule has 0 bridgehead atoms. The van der Waals surface area contributed by atoms with Gasteiger partial charge in [0, 0.05) is 6.54 Å². The first-order valence-corrected chi connectivity index (χ1v) is 7.99. The molecule has 1 aromatic heterocycles. The molecule has 0 aliphatic carbocycles. The Balaban J connectivity index is 1.90. The van der Waals surface area contributed by atoms with Crippen molar-refractivity contribution in [1.82, 2.24) is 15.5 Å². The van der Waals surface area contributed by atoms with E-state index in [1.54, 1.807) is 12.1 Å². The Labute approximate surface area is 137 Å². The first-order valence-electron chi connectivity index (χ1n) is 7.99. The van der Waals surface area contributed by atoms with Crippen LogP contribution in [0.5, 0.6) is 0 Å². The highest BCUT2D eigenvalue weighted by Gasteiger charge is 2.12. The third kappa shape index (κ3) is 5.36. The van der Waals surface area contributed by atoms with E-state index in [4.69, 9.17) is 0 Å². The van der Waals surface area contributed by atoms with E-state index >= 15 is 0 Å². The molecule has 0 fully saturated rings. The van der Waals surface area contributed by atoms with E-state index in [1.165, 1.54) is 0 Å². The molecule has 23 heavy (non-hydrogen) atoms. The number of carbonyl (C=O) groups is 1. The molecule has 0 saturated heterocycles. The van der Waals surface area contributed by atoms with Gasteiger partial charge in [0.1, 0.15) is 5.82 Å². The molecule has 2 rings (SSSR count). The van der Waals surface area contributed by atoms with Gasteiger partial charge in [-0.2, -0.15) is 0 Å². The van der Waals surface area contributed by atoms with Crippen LogP contribution in [0.3, 0.4) is 0 Å². The number of aromatic nitrogens is 2. The van der Waals surface area contributed by atoms with E-state index in [1.807, 2.05) is 37.3 Å². The lowest BCUT2D eigenvalue weighted by Crippen LogP contribution is -2.27. The molecular weight excluding hydrogens is 288 g/mol. The summed E-state index contributed by atoms with van der Waals surface area (Å²) in [6, 6.07) is 13.2. The SMILES string of the molecule is CC(C)CCNc1ccc(C(=O)NC(C)c2ccccc2)nn1. The van der Waals surface area contributed by atoms with Crippen LogP contribution >= 0.6 is 0 Å². The third-order valence-corrected chi connectivity index (χ3v) is 3.57. The molecule has 1 amide bonds. The largest absolute Gasteiger partial charge is 0.369 e. The first kappa shape index (κ1) is 16.9. The maximum Gasteiger partial charge on any atom is 0.272 e. The second-order valence-corrected chi connectivity index (χ2v) is 6.02. The van der Waals surface area contributed by atoms with Crippen LogP contribution in [0.2, 0.25) is 0 Å². The predicted molar refractivity (Wildman–Crippen MR) is 92.3 cm³/mol. The fourth-order valence-electron chi connectivity index (χ4n) is 2.13. The molecule has 1 heterocycles. The van der Waals surface area contributed by atoms with Crippen LogP contribution in [0.4, 0.5) is 5.82 Å². The van der Waals surface area contributed by atoms with Crippen LogP contribution in [0.1, 0.15) is 49.3 Å². The molecule has 5 nitrogen and oxygen atoms in total. The van der Waals surface area contributed by atoms with Crippen molar-refractivity contribution >= 4 is 11.7 Å². The topological polar surface area (TPSA) is 66.9 Å². The van der Waals surface area contributed by atoms with Crippen LogP contribution < -0.4 is 10.6 Å². The Morgan fingerprint density at radius 3 is 2.39 bits per heavy atom. The molecular formula is C18H24N4O. The van der Waals surface area contributed by atoms with Gasteiger partial charge < -0.3 is 10.6 Å². The smallest absolute Gasteiger partial charge is 0.272 e. The molecule has 1 atom stereocenters. The summed E-state index contributed by atoms with van der Waals surface area (Å²) in [5.74, 6) is 1.11. The summed E-state index contributed by atoms with van der Waals surface area (Å²) in [4.78, 5) is 12.2. The van der Waals surface area contributed by atoms with Gasteiger partial charge in [0.15, 0.2) is 5.69 Å².